The number of aliphatic hydroxyl groups is 2. The molecule has 0 spiro atoms. The van der Waals surface area contributed by atoms with Crippen LogP contribution in [0.25, 0.3) is 4.85 Å². The summed E-state index contributed by atoms with van der Waals surface area (Å²) in [6, 6.07) is 6.18. The van der Waals surface area contributed by atoms with Gasteiger partial charge in [0.25, 0.3) is 0 Å². The van der Waals surface area contributed by atoms with Crippen LogP contribution in [0.1, 0.15) is 0 Å². The number of benzene rings is 2. The summed E-state index contributed by atoms with van der Waals surface area (Å²) >= 11 is 11.8. The Morgan fingerprint density at radius 2 is 1.87 bits per heavy atom. The second kappa shape index (κ2) is 8.29. The summed E-state index contributed by atoms with van der Waals surface area (Å²) in [6.45, 7) is 4.32. The van der Waals surface area contributed by atoms with Gasteiger partial charge in [0, 0.05) is 18.1 Å². The van der Waals surface area contributed by atoms with Gasteiger partial charge in [-0.2, -0.15) is 4.31 Å². The Morgan fingerprint density at radius 1 is 1.19 bits per heavy atom. The summed E-state index contributed by atoms with van der Waals surface area (Å²) in [5.74, 6) is -1.08. The first-order valence-corrected chi connectivity index (χ1v) is 12.3. The van der Waals surface area contributed by atoms with Crippen molar-refractivity contribution in [1.29, 1.82) is 0 Å². The van der Waals surface area contributed by atoms with Gasteiger partial charge < -0.3 is 10.2 Å². The van der Waals surface area contributed by atoms with Crippen molar-refractivity contribution >= 4 is 48.7 Å². The predicted octanol–water partition coefficient (Wildman–Crippen LogP) is 2.25. The molecule has 1 saturated heterocycles. The van der Waals surface area contributed by atoms with Crippen LogP contribution < -0.4 is 0 Å². The fraction of sp³-hybridized carbons (Fsp3) is 0.278. The minimum absolute atomic E-state index is 0.183. The first kappa shape index (κ1) is 23.9. The lowest BCUT2D eigenvalue weighted by Gasteiger charge is -2.26. The molecule has 0 unspecified atom stereocenters. The first-order valence-electron chi connectivity index (χ1n) is 8.56. The highest BCUT2D eigenvalue weighted by Crippen LogP contribution is 2.37. The molecule has 0 amide bonds. The van der Waals surface area contributed by atoms with Crippen molar-refractivity contribution < 1.29 is 31.4 Å². The zero-order chi connectivity index (χ0) is 23.2. The van der Waals surface area contributed by atoms with Gasteiger partial charge in [-0.25, -0.2) is 26.1 Å². The number of hydrogen-bond acceptors (Lipinski definition) is 6. The Labute approximate surface area is 188 Å². The van der Waals surface area contributed by atoms with Crippen molar-refractivity contribution in [2.24, 2.45) is 0 Å². The highest BCUT2D eigenvalue weighted by Gasteiger charge is 2.55. The van der Waals surface area contributed by atoms with E-state index in [1.165, 1.54) is 12.1 Å². The number of nitrogens with zero attached hydrogens (tertiary/aromatic N) is 2. The molecule has 0 saturated carbocycles. The van der Waals surface area contributed by atoms with Crippen molar-refractivity contribution in [3.63, 3.8) is 0 Å². The lowest BCUT2D eigenvalue weighted by molar-refractivity contribution is 0.00159. The number of halogens is 3. The van der Waals surface area contributed by atoms with Crippen LogP contribution in [-0.4, -0.2) is 61.9 Å². The first-order chi connectivity index (χ1) is 14.4. The van der Waals surface area contributed by atoms with Gasteiger partial charge in [-0.15, -0.1) is 0 Å². The SMILES string of the molecule is [C-]#[N+]c1ccc(S(=O)(=O)[C@H]2CN(S(=O)(=O)c3ccc(Cl)cc3Cl)C[C@]2(O)CO)cc1F. The van der Waals surface area contributed by atoms with Crippen LogP contribution in [0.3, 0.4) is 0 Å². The summed E-state index contributed by atoms with van der Waals surface area (Å²) in [7, 11) is -8.88. The Morgan fingerprint density at radius 3 is 2.42 bits per heavy atom. The molecule has 0 bridgehead atoms. The molecule has 1 aliphatic rings. The van der Waals surface area contributed by atoms with Crippen molar-refractivity contribution in [2.45, 2.75) is 20.6 Å². The molecule has 1 aliphatic heterocycles. The molecule has 2 N–H and O–H groups in total. The van der Waals surface area contributed by atoms with Crippen molar-refractivity contribution in [1.82, 2.24) is 4.31 Å². The number of β-amino-alcohol motifs (C(OH)–C–C–N with tert-alkyl or cyclic N) is 1. The van der Waals surface area contributed by atoms with E-state index in [1.54, 1.807) is 0 Å². The zero-order valence-electron chi connectivity index (χ0n) is 15.5. The van der Waals surface area contributed by atoms with E-state index in [0.29, 0.717) is 10.4 Å². The van der Waals surface area contributed by atoms with E-state index in [-0.39, 0.29) is 14.9 Å². The molecule has 1 heterocycles. The second-order valence-electron chi connectivity index (χ2n) is 6.89. The maximum absolute atomic E-state index is 14.0. The van der Waals surface area contributed by atoms with Crippen molar-refractivity contribution in [2.75, 3.05) is 19.7 Å². The third kappa shape index (κ3) is 4.17. The molecule has 0 aromatic heterocycles. The van der Waals surface area contributed by atoms with Gasteiger partial charge in [0.2, 0.25) is 15.7 Å². The molecule has 31 heavy (non-hydrogen) atoms. The number of sulfonamides is 1. The maximum atomic E-state index is 14.0. The Balaban J connectivity index is 2.04. The molecule has 2 aromatic carbocycles. The molecule has 1 fully saturated rings. The van der Waals surface area contributed by atoms with E-state index >= 15 is 0 Å². The van der Waals surface area contributed by atoms with Gasteiger partial charge in [0.05, 0.1) is 23.1 Å². The van der Waals surface area contributed by atoms with Gasteiger partial charge in [-0.3, -0.25) is 0 Å². The predicted molar refractivity (Wildman–Crippen MR) is 111 cm³/mol. The number of aliphatic hydroxyl groups excluding tert-OH is 1. The lowest BCUT2D eigenvalue weighted by Crippen LogP contribution is -2.49. The summed E-state index contributed by atoms with van der Waals surface area (Å²) < 4.78 is 66.9. The van der Waals surface area contributed by atoms with Crippen LogP contribution in [-0.2, 0) is 19.9 Å². The molecule has 8 nitrogen and oxygen atoms in total. The van der Waals surface area contributed by atoms with E-state index in [9.17, 15) is 31.4 Å². The summed E-state index contributed by atoms with van der Waals surface area (Å²) in [6.07, 6.45) is 0. The molecular weight excluding hydrogens is 494 g/mol. The molecule has 3 rings (SSSR count). The Kier molecular flexibility index (Phi) is 6.38. The van der Waals surface area contributed by atoms with E-state index in [0.717, 1.165) is 18.2 Å². The minimum atomic E-state index is -4.51. The average molecular weight is 509 g/mol. The molecule has 0 aliphatic carbocycles. The summed E-state index contributed by atoms with van der Waals surface area (Å²) in [5.41, 5.74) is -2.76. The third-order valence-corrected chi connectivity index (χ3v) is 9.72. The van der Waals surface area contributed by atoms with Gasteiger partial charge in [0.1, 0.15) is 21.6 Å². The smallest absolute Gasteiger partial charge is 0.244 e. The maximum Gasteiger partial charge on any atom is 0.244 e. The standard InChI is InChI=1S/C18H15Cl2FN2O6S2/c1-22-15-4-3-12(7-14(15)21)30(26,27)17-8-23(9-18(17,25)10-24)31(28,29)16-5-2-11(19)6-13(16)20/h2-7,17,24-25H,8-10H2/t17-,18-/m0/s1. The van der Waals surface area contributed by atoms with Gasteiger partial charge in [-0.05, 0) is 24.3 Å². The second-order valence-corrected chi connectivity index (χ2v) is 11.8. The normalized spacial score (nSPS) is 22.4. The summed E-state index contributed by atoms with van der Waals surface area (Å²) in [4.78, 5) is 1.99. The molecule has 166 valence electrons. The number of hydrogen-bond donors (Lipinski definition) is 2. The fourth-order valence-corrected chi connectivity index (χ4v) is 7.61. The van der Waals surface area contributed by atoms with E-state index in [2.05, 4.69) is 4.85 Å². The number of rotatable bonds is 5. The third-order valence-electron chi connectivity index (χ3n) is 4.95. The number of sulfone groups is 1. The quantitative estimate of drug-likeness (QED) is 0.598. The fourth-order valence-electron chi connectivity index (χ4n) is 3.29. The molecule has 13 heteroatoms. The van der Waals surface area contributed by atoms with E-state index < -0.39 is 66.8 Å². The lowest BCUT2D eigenvalue weighted by atomic mass is 10.1. The zero-order valence-corrected chi connectivity index (χ0v) is 18.7. The van der Waals surface area contributed by atoms with Gasteiger partial charge in [-0.1, -0.05) is 35.3 Å². The monoisotopic (exact) mass is 508 g/mol. The topological polar surface area (TPSA) is 116 Å². The minimum Gasteiger partial charge on any atom is -0.393 e. The van der Waals surface area contributed by atoms with Crippen LogP contribution >= 0.6 is 23.2 Å². The van der Waals surface area contributed by atoms with Crippen LogP contribution in [0.5, 0.6) is 0 Å². The van der Waals surface area contributed by atoms with Gasteiger partial charge >= 0.3 is 0 Å². The average Bonchev–Trinajstić information content (AvgIpc) is 3.07. The largest absolute Gasteiger partial charge is 0.393 e. The Hall–Kier alpha value is -1.78. The highest BCUT2D eigenvalue weighted by molar-refractivity contribution is 7.92. The van der Waals surface area contributed by atoms with Crippen LogP contribution in [0.15, 0.2) is 46.2 Å². The molecular formula is C18H15Cl2FN2O6S2. The van der Waals surface area contributed by atoms with Crippen LogP contribution in [0.4, 0.5) is 10.1 Å². The van der Waals surface area contributed by atoms with Gasteiger partial charge in [0.15, 0.2) is 9.84 Å². The van der Waals surface area contributed by atoms with Crippen molar-refractivity contribution in [3.05, 3.63) is 63.7 Å². The van der Waals surface area contributed by atoms with Crippen LogP contribution in [0.2, 0.25) is 10.0 Å². The molecule has 0 radical (unpaired) electrons. The van der Waals surface area contributed by atoms with E-state index in [1.807, 2.05) is 0 Å². The summed E-state index contributed by atoms with van der Waals surface area (Å²) in [5, 5.41) is 18.7. The Bertz CT molecular complexity index is 1300. The molecule has 2 aromatic rings. The highest BCUT2D eigenvalue weighted by atomic mass is 35.5. The van der Waals surface area contributed by atoms with E-state index in [4.69, 9.17) is 29.8 Å². The van der Waals surface area contributed by atoms with Crippen LogP contribution in [0, 0.1) is 12.4 Å². The van der Waals surface area contributed by atoms with Crippen molar-refractivity contribution in [3.8, 4) is 0 Å². The molecule has 2 atom stereocenters.